The van der Waals surface area contributed by atoms with Gasteiger partial charge < -0.3 is 23.8 Å². The van der Waals surface area contributed by atoms with E-state index in [4.69, 9.17) is 23.8 Å². The van der Waals surface area contributed by atoms with Crippen molar-refractivity contribution in [1.82, 2.24) is 0 Å². The monoisotopic (exact) mass is 505 g/mol. The predicted molar refractivity (Wildman–Crippen MR) is 143 cm³/mol. The molecule has 0 aliphatic carbocycles. The van der Waals surface area contributed by atoms with Gasteiger partial charge >= 0.3 is 5.97 Å². The van der Waals surface area contributed by atoms with E-state index >= 15 is 0 Å². The van der Waals surface area contributed by atoms with E-state index in [1.807, 2.05) is 92.7 Å². The average Bonchev–Trinajstić information content (AvgIpc) is 2.92. The Bertz CT molecular complexity index is 1110. The highest BCUT2D eigenvalue weighted by Gasteiger charge is 2.20. The SMILES string of the molecule is CCCO/N=C(\COc1cccc(CC(OCC)C(=O)OCC)c1)c1ccc(Oc2ccccc2)cc1. The van der Waals surface area contributed by atoms with E-state index < -0.39 is 6.10 Å². The first-order valence-electron chi connectivity index (χ1n) is 12.6. The molecule has 0 aliphatic rings. The lowest BCUT2D eigenvalue weighted by Crippen LogP contribution is -2.29. The van der Waals surface area contributed by atoms with Crippen LogP contribution in [0.15, 0.2) is 84.0 Å². The van der Waals surface area contributed by atoms with Crippen molar-refractivity contribution in [1.29, 1.82) is 0 Å². The zero-order valence-corrected chi connectivity index (χ0v) is 21.7. The Labute approximate surface area is 219 Å². The number of ether oxygens (including phenoxy) is 4. The number of hydrogen-bond donors (Lipinski definition) is 0. The van der Waals surface area contributed by atoms with Gasteiger partial charge in [0, 0.05) is 18.6 Å². The Morgan fingerprint density at radius 3 is 2.27 bits per heavy atom. The standard InChI is InChI=1S/C30H35NO6/c1-4-19-36-31-28(24-15-17-26(18-16-24)37-25-12-8-7-9-13-25)22-35-27-14-10-11-23(20-27)21-29(33-5-2)30(32)34-6-3/h7-18,20,29H,4-6,19,21-22H2,1-3H3/b31-28+. The van der Waals surface area contributed by atoms with Crippen molar-refractivity contribution in [2.24, 2.45) is 5.16 Å². The first kappa shape index (κ1) is 27.7. The summed E-state index contributed by atoms with van der Waals surface area (Å²) in [5.41, 5.74) is 2.43. The van der Waals surface area contributed by atoms with E-state index in [1.165, 1.54) is 0 Å². The zero-order chi connectivity index (χ0) is 26.3. The van der Waals surface area contributed by atoms with Crippen LogP contribution in [0.25, 0.3) is 0 Å². The summed E-state index contributed by atoms with van der Waals surface area (Å²) in [6, 6.07) is 24.8. The summed E-state index contributed by atoms with van der Waals surface area (Å²) in [6.45, 7) is 7.12. The van der Waals surface area contributed by atoms with Crippen LogP contribution in [0.1, 0.15) is 38.3 Å². The second-order valence-corrected chi connectivity index (χ2v) is 8.15. The maximum atomic E-state index is 12.2. The summed E-state index contributed by atoms with van der Waals surface area (Å²) in [5.74, 6) is 1.79. The molecule has 0 N–H and O–H groups in total. The number of nitrogens with zero attached hydrogens (tertiary/aromatic N) is 1. The van der Waals surface area contributed by atoms with E-state index in [0.717, 1.165) is 29.0 Å². The van der Waals surface area contributed by atoms with Crippen LogP contribution in [0.5, 0.6) is 17.2 Å². The van der Waals surface area contributed by atoms with Gasteiger partial charge in [0.2, 0.25) is 0 Å². The molecule has 37 heavy (non-hydrogen) atoms. The van der Waals surface area contributed by atoms with E-state index in [1.54, 1.807) is 6.92 Å². The molecule has 1 unspecified atom stereocenters. The smallest absolute Gasteiger partial charge is 0.335 e. The number of carbonyl (C=O) groups is 1. The van der Waals surface area contributed by atoms with E-state index in [0.29, 0.717) is 37.7 Å². The van der Waals surface area contributed by atoms with Crippen LogP contribution in [0.3, 0.4) is 0 Å². The number of benzene rings is 3. The van der Waals surface area contributed by atoms with Crippen LogP contribution < -0.4 is 9.47 Å². The quantitative estimate of drug-likeness (QED) is 0.106. The summed E-state index contributed by atoms with van der Waals surface area (Å²) < 4.78 is 22.7. The van der Waals surface area contributed by atoms with Crippen LogP contribution in [-0.2, 0) is 25.5 Å². The lowest BCUT2D eigenvalue weighted by molar-refractivity contribution is -0.156. The molecule has 196 valence electrons. The Morgan fingerprint density at radius 1 is 0.838 bits per heavy atom. The molecular weight excluding hydrogens is 470 g/mol. The first-order valence-corrected chi connectivity index (χ1v) is 12.6. The molecule has 3 rings (SSSR count). The van der Waals surface area contributed by atoms with Crippen molar-refractivity contribution in [3.05, 3.63) is 90.0 Å². The fourth-order valence-corrected chi connectivity index (χ4v) is 3.49. The maximum Gasteiger partial charge on any atom is 0.335 e. The molecule has 0 bridgehead atoms. The number of para-hydroxylation sites is 1. The molecule has 3 aromatic carbocycles. The Morgan fingerprint density at radius 2 is 1.57 bits per heavy atom. The Hall–Kier alpha value is -3.84. The van der Waals surface area contributed by atoms with Gasteiger partial charge in [0.25, 0.3) is 0 Å². The van der Waals surface area contributed by atoms with Crippen LogP contribution in [0, 0.1) is 0 Å². The molecule has 7 heteroatoms. The summed E-state index contributed by atoms with van der Waals surface area (Å²) >= 11 is 0. The van der Waals surface area contributed by atoms with Crippen molar-refractivity contribution in [2.45, 2.75) is 39.7 Å². The topological polar surface area (TPSA) is 75.6 Å². The third kappa shape index (κ3) is 9.28. The molecule has 0 aliphatic heterocycles. The number of oxime groups is 1. The Kier molecular flexibility index (Phi) is 11.5. The molecule has 0 radical (unpaired) electrons. The van der Waals surface area contributed by atoms with Gasteiger partial charge in [0.1, 0.15) is 36.2 Å². The molecule has 7 nitrogen and oxygen atoms in total. The normalized spacial score (nSPS) is 12.0. The predicted octanol–water partition coefficient (Wildman–Crippen LogP) is 6.20. The van der Waals surface area contributed by atoms with Crippen LogP contribution in [0.2, 0.25) is 0 Å². The number of hydrogen-bond acceptors (Lipinski definition) is 7. The molecule has 0 saturated heterocycles. The molecule has 0 amide bonds. The second-order valence-electron chi connectivity index (χ2n) is 8.15. The zero-order valence-electron chi connectivity index (χ0n) is 21.7. The van der Waals surface area contributed by atoms with E-state index in [2.05, 4.69) is 5.16 Å². The second kappa shape index (κ2) is 15.3. The van der Waals surface area contributed by atoms with Gasteiger partial charge in [-0.15, -0.1) is 0 Å². The fraction of sp³-hybridized carbons (Fsp3) is 0.333. The van der Waals surface area contributed by atoms with Gasteiger partial charge in [0.15, 0.2) is 6.10 Å². The minimum atomic E-state index is -0.656. The molecule has 0 spiro atoms. The van der Waals surface area contributed by atoms with Gasteiger partial charge in [-0.05, 0) is 74.4 Å². The van der Waals surface area contributed by atoms with Crippen molar-refractivity contribution >= 4 is 11.7 Å². The summed E-state index contributed by atoms with van der Waals surface area (Å²) in [4.78, 5) is 17.7. The summed E-state index contributed by atoms with van der Waals surface area (Å²) in [6.07, 6.45) is 0.592. The third-order valence-corrected chi connectivity index (χ3v) is 5.25. The summed E-state index contributed by atoms with van der Waals surface area (Å²) in [5, 5.41) is 4.32. The fourth-order valence-electron chi connectivity index (χ4n) is 3.49. The first-order chi connectivity index (χ1) is 18.1. The van der Waals surface area contributed by atoms with Crippen LogP contribution >= 0.6 is 0 Å². The highest BCUT2D eigenvalue weighted by Crippen LogP contribution is 2.22. The lowest BCUT2D eigenvalue weighted by atomic mass is 10.1. The number of carbonyl (C=O) groups excluding carboxylic acids is 1. The van der Waals surface area contributed by atoms with Gasteiger partial charge in [-0.25, -0.2) is 4.79 Å². The van der Waals surface area contributed by atoms with Crippen molar-refractivity contribution < 1.29 is 28.6 Å². The molecule has 0 saturated carbocycles. The molecule has 0 heterocycles. The lowest BCUT2D eigenvalue weighted by Gasteiger charge is -2.16. The van der Waals surface area contributed by atoms with Gasteiger partial charge in [0.05, 0.1) is 6.61 Å². The van der Waals surface area contributed by atoms with Crippen molar-refractivity contribution in [2.75, 3.05) is 26.4 Å². The number of esters is 1. The highest BCUT2D eigenvalue weighted by atomic mass is 16.6. The third-order valence-electron chi connectivity index (χ3n) is 5.25. The van der Waals surface area contributed by atoms with Crippen molar-refractivity contribution in [3.8, 4) is 17.2 Å². The van der Waals surface area contributed by atoms with E-state index in [-0.39, 0.29) is 12.6 Å². The molecular formula is C30H35NO6. The summed E-state index contributed by atoms with van der Waals surface area (Å²) in [7, 11) is 0. The Balaban J connectivity index is 1.68. The molecule has 0 aromatic heterocycles. The largest absolute Gasteiger partial charge is 0.487 e. The van der Waals surface area contributed by atoms with Gasteiger partial charge in [-0.2, -0.15) is 0 Å². The van der Waals surface area contributed by atoms with Crippen molar-refractivity contribution in [3.63, 3.8) is 0 Å². The minimum Gasteiger partial charge on any atom is -0.487 e. The van der Waals surface area contributed by atoms with Gasteiger partial charge in [-0.3, -0.25) is 0 Å². The van der Waals surface area contributed by atoms with Crippen LogP contribution in [-0.4, -0.2) is 44.2 Å². The van der Waals surface area contributed by atoms with Gasteiger partial charge in [-0.1, -0.05) is 42.4 Å². The van der Waals surface area contributed by atoms with E-state index in [9.17, 15) is 4.79 Å². The highest BCUT2D eigenvalue weighted by molar-refractivity contribution is 6.01. The molecule has 0 fully saturated rings. The maximum absolute atomic E-state index is 12.2. The molecule has 3 aromatic rings. The minimum absolute atomic E-state index is 0.207. The molecule has 1 atom stereocenters. The number of rotatable bonds is 15. The van der Waals surface area contributed by atoms with Crippen LogP contribution in [0.4, 0.5) is 0 Å². The average molecular weight is 506 g/mol.